The highest BCUT2D eigenvalue weighted by Gasteiger charge is 2.42. The first-order chi connectivity index (χ1) is 9.48. The highest BCUT2D eigenvalue weighted by atomic mass is 35.5. The fourth-order valence-electron chi connectivity index (χ4n) is 1.92. The summed E-state index contributed by atoms with van der Waals surface area (Å²) < 4.78 is 44.1. The molecule has 0 bridgehead atoms. The third-order valence-electron chi connectivity index (χ3n) is 2.92. The highest BCUT2D eigenvalue weighted by molar-refractivity contribution is 5.85. The summed E-state index contributed by atoms with van der Waals surface area (Å²) in [5.41, 5.74) is 0. The second-order valence-corrected chi connectivity index (χ2v) is 4.56. The van der Waals surface area contributed by atoms with Crippen LogP contribution in [0.4, 0.5) is 13.2 Å². The van der Waals surface area contributed by atoms with Gasteiger partial charge in [-0.3, -0.25) is 10.1 Å². The lowest BCUT2D eigenvalue weighted by Crippen LogP contribution is -2.41. The molecule has 1 atom stereocenters. The maximum absolute atomic E-state index is 13.2. The first-order valence-corrected chi connectivity index (χ1v) is 6.24. The second-order valence-electron chi connectivity index (χ2n) is 4.56. The van der Waals surface area contributed by atoms with Crippen LogP contribution in [-0.2, 0) is 4.79 Å². The number of rotatable bonds is 5. The number of hydrogen-bond acceptors (Lipinski definition) is 3. The molecule has 1 fully saturated rings. The maximum Gasteiger partial charge on any atom is 0.262 e. The minimum atomic E-state index is -2.84. The average molecular weight is 325 g/mol. The van der Waals surface area contributed by atoms with Gasteiger partial charge < -0.3 is 10.1 Å². The Balaban J connectivity index is 0.00000220. The lowest BCUT2D eigenvalue weighted by Gasteiger charge is -2.12. The zero-order valence-corrected chi connectivity index (χ0v) is 11.9. The largest absolute Gasteiger partial charge is 0.489 e. The molecule has 1 amide bonds. The fraction of sp³-hybridized carbons (Fsp3) is 0.462. The van der Waals surface area contributed by atoms with E-state index in [1.807, 2.05) is 0 Å². The SMILES string of the molecule is Cl.O=C(NCCOc1ccccc1F)C1CC(F)(F)CN1. The van der Waals surface area contributed by atoms with Crippen molar-refractivity contribution in [2.75, 3.05) is 19.7 Å². The first-order valence-electron chi connectivity index (χ1n) is 6.24. The second kappa shape index (κ2) is 7.51. The summed E-state index contributed by atoms with van der Waals surface area (Å²) in [7, 11) is 0. The topological polar surface area (TPSA) is 50.4 Å². The van der Waals surface area contributed by atoms with Gasteiger partial charge in [0.15, 0.2) is 11.6 Å². The van der Waals surface area contributed by atoms with E-state index in [1.54, 1.807) is 6.07 Å². The standard InChI is InChI=1S/C13H15F3N2O2.ClH/c14-9-3-1-2-4-11(9)20-6-5-17-12(19)10-7-13(15,16)8-18-10;/h1-4,10,18H,5-8H2,(H,17,19);1H. The summed E-state index contributed by atoms with van der Waals surface area (Å²) in [5, 5.41) is 4.92. The van der Waals surface area contributed by atoms with Crippen molar-refractivity contribution >= 4 is 18.3 Å². The van der Waals surface area contributed by atoms with E-state index in [9.17, 15) is 18.0 Å². The Morgan fingerprint density at radius 3 is 2.76 bits per heavy atom. The van der Waals surface area contributed by atoms with E-state index in [0.29, 0.717) is 0 Å². The van der Waals surface area contributed by atoms with Crippen molar-refractivity contribution in [3.63, 3.8) is 0 Å². The molecule has 1 aromatic rings. The Kier molecular flexibility index (Phi) is 6.29. The molecular weight excluding hydrogens is 309 g/mol. The molecule has 1 saturated heterocycles. The summed E-state index contributed by atoms with van der Waals surface area (Å²) in [6, 6.07) is 5.00. The molecular formula is C13H16ClF3N2O2. The van der Waals surface area contributed by atoms with Crippen LogP contribution < -0.4 is 15.4 Å². The van der Waals surface area contributed by atoms with Gasteiger partial charge in [0.2, 0.25) is 5.91 Å². The van der Waals surface area contributed by atoms with Crippen LogP contribution in [0.2, 0.25) is 0 Å². The van der Waals surface area contributed by atoms with Gasteiger partial charge in [-0.05, 0) is 12.1 Å². The van der Waals surface area contributed by atoms with E-state index in [-0.39, 0.29) is 31.3 Å². The van der Waals surface area contributed by atoms with Crippen LogP contribution in [0.25, 0.3) is 0 Å². The van der Waals surface area contributed by atoms with Crippen LogP contribution in [0, 0.1) is 5.82 Å². The average Bonchev–Trinajstić information content (AvgIpc) is 2.77. The van der Waals surface area contributed by atoms with Crippen LogP contribution in [0.5, 0.6) is 5.75 Å². The molecule has 1 aromatic carbocycles. The summed E-state index contributed by atoms with van der Waals surface area (Å²) in [6.07, 6.45) is -0.507. The quantitative estimate of drug-likeness (QED) is 0.811. The van der Waals surface area contributed by atoms with Gasteiger partial charge in [-0.1, -0.05) is 12.1 Å². The third kappa shape index (κ3) is 5.09. The molecule has 0 saturated carbocycles. The van der Waals surface area contributed by atoms with E-state index in [4.69, 9.17) is 4.74 Å². The van der Waals surface area contributed by atoms with E-state index in [2.05, 4.69) is 10.6 Å². The third-order valence-corrected chi connectivity index (χ3v) is 2.92. The number of alkyl halides is 2. The number of para-hydroxylation sites is 1. The summed E-state index contributed by atoms with van der Waals surface area (Å²) in [6.45, 7) is -0.302. The lowest BCUT2D eigenvalue weighted by molar-refractivity contribution is -0.123. The van der Waals surface area contributed by atoms with E-state index < -0.39 is 36.7 Å². The lowest BCUT2D eigenvalue weighted by atomic mass is 10.2. The van der Waals surface area contributed by atoms with Crippen LogP contribution in [0.1, 0.15) is 6.42 Å². The van der Waals surface area contributed by atoms with Crippen molar-refractivity contribution in [2.24, 2.45) is 0 Å². The summed E-state index contributed by atoms with van der Waals surface area (Å²) in [5.74, 6) is -3.74. The molecule has 4 nitrogen and oxygen atoms in total. The molecule has 1 aliphatic rings. The first kappa shape index (κ1) is 17.6. The van der Waals surface area contributed by atoms with Gasteiger partial charge >= 0.3 is 0 Å². The number of benzene rings is 1. The molecule has 8 heteroatoms. The van der Waals surface area contributed by atoms with Crippen molar-refractivity contribution in [1.82, 2.24) is 10.6 Å². The van der Waals surface area contributed by atoms with E-state index >= 15 is 0 Å². The van der Waals surface area contributed by atoms with E-state index in [0.717, 1.165) is 0 Å². The van der Waals surface area contributed by atoms with Crippen LogP contribution in [0.15, 0.2) is 24.3 Å². The van der Waals surface area contributed by atoms with Crippen molar-refractivity contribution in [2.45, 2.75) is 18.4 Å². The van der Waals surface area contributed by atoms with E-state index in [1.165, 1.54) is 18.2 Å². The molecule has 21 heavy (non-hydrogen) atoms. The van der Waals surface area contributed by atoms with Crippen molar-refractivity contribution < 1.29 is 22.7 Å². The zero-order valence-electron chi connectivity index (χ0n) is 11.1. The molecule has 1 unspecified atom stereocenters. The maximum atomic E-state index is 13.2. The zero-order chi connectivity index (χ0) is 14.6. The molecule has 0 aromatic heterocycles. The van der Waals surface area contributed by atoms with Crippen molar-refractivity contribution in [3.05, 3.63) is 30.1 Å². The highest BCUT2D eigenvalue weighted by Crippen LogP contribution is 2.24. The van der Waals surface area contributed by atoms with Crippen LogP contribution in [-0.4, -0.2) is 37.6 Å². The molecule has 0 radical (unpaired) electrons. The number of hydrogen-bond donors (Lipinski definition) is 2. The predicted molar refractivity (Wildman–Crippen MR) is 73.5 cm³/mol. The number of nitrogens with one attached hydrogen (secondary N) is 2. The van der Waals surface area contributed by atoms with Gasteiger partial charge in [0.25, 0.3) is 5.92 Å². The number of carbonyl (C=O) groups is 1. The van der Waals surface area contributed by atoms with Gasteiger partial charge in [-0.25, -0.2) is 13.2 Å². The molecule has 2 rings (SSSR count). The number of ether oxygens (including phenoxy) is 1. The van der Waals surface area contributed by atoms with Crippen molar-refractivity contribution in [1.29, 1.82) is 0 Å². The number of amides is 1. The Labute approximate surface area is 126 Å². The molecule has 0 spiro atoms. The monoisotopic (exact) mass is 324 g/mol. The van der Waals surface area contributed by atoms with Gasteiger partial charge in [0.05, 0.1) is 19.1 Å². The smallest absolute Gasteiger partial charge is 0.262 e. The minimum absolute atomic E-state index is 0. The molecule has 0 aliphatic carbocycles. The number of carbonyl (C=O) groups excluding carboxylic acids is 1. The van der Waals surface area contributed by atoms with Gasteiger partial charge in [-0.2, -0.15) is 0 Å². The summed E-state index contributed by atoms with van der Waals surface area (Å²) >= 11 is 0. The van der Waals surface area contributed by atoms with Crippen LogP contribution in [0.3, 0.4) is 0 Å². The Bertz CT molecular complexity index is 488. The Hall–Kier alpha value is -1.47. The Morgan fingerprint density at radius 1 is 1.43 bits per heavy atom. The van der Waals surface area contributed by atoms with Crippen LogP contribution >= 0.6 is 12.4 Å². The summed E-state index contributed by atoms with van der Waals surface area (Å²) in [4.78, 5) is 11.6. The van der Waals surface area contributed by atoms with Gasteiger partial charge in [0, 0.05) is 6.42 Å². The molecule has 118 valence electrons. The Morgan fingerprint density at radius 2 is 2.14 bits per heavy atom. The van der Waals surface area contributed by atoms with Gasteiger partial charge in [0.1, 0.15) is 6.61 Å². The molecule has 2 N–H and O–H groups in total. The molecule has 1 aliphatic heterocycles. The fourth-order valence-corrected chi connectivity index (χ4v) is 1.92. The minimum Gasteiger partial charge on any atom is -0.489 e. The number of halogens is 4. The molecule has 1 heterocycles. The normalized spacial score (nSPS) is 19.7. The van der Waals surface area contributed by atoms with Crippen molar-refractivity contribution in [3.8, 4) is 5.75 Å². The predicted octanol–water partition coefficient (Wildman–Crippen LogP) is 1.74. The van der Waals surface area contributed by atoms with Gasteiger partial charge in [-0.15, -0.1) is 12.4 Å².